The van der Waals surface area contributed by atoms with E-state index in [4.69, 9.17) is 0 Å². The number of nitrogens with one attached hydrogen (secondary N) is 2. The molecule has 1 aromatic heterocycles. The molecule has 2 N–H and O–H groups in total. The summed E-state index contributed by atoms with van der Waals surface area (Å²) in [5, 5.41) is 10.4. The standard InChI is InChI=1S/C10H16N4OS/c1-7(5-11-8-3-4-8)6-16-10-13-12-9(15)14(10)2/h8,11H,1,3-6H2,2H3,(H,12,15). The Bertz CT molecular complexity index is 432. The first-order chi connectivity index (χ1) is 7.66. The summed E-state index contributed by atoms with van der Waals surface area (Å²) in [5.41, 5.74) is 0.955. The topological polar surface area (TPSA) is 62.7 Å². The second kappa shape index (κ2) is 4.88. The summed E-state index contributed by atoms with van der Waals surface area (Å²) in [6.45, 7) is 4.85. The minimum absolute atomic E-state index is 0.177. The zero-order chi connectivity index (χ0) is 11.5. The highest BCUT2D eigenvalue weighted by atomic mass is 32.2. The molecule has 0 bridgehead atoms. The lowest BCUT2D eigenvalue weighted by atomic mass is 10.3. The number of H-pyrrole nitrogens is 1. The van der Waals surface area contributed by atoms with Crippen LogP contribution in [0.3, 0.4) is 0 Å². The van der Waals surface area contributed by atoms with Gasteiger partial charge in [-0.05, 0) is 12.8 Å². The predicted octanol–water partition coefficient (Wildman–Crippen LogP) is 0.509. The van der Waals surface area contributed by atoms with E-state index in [-0.39, 0.29) is 5.69 Å². The first-order valence-corrected chi connectivity index (χ1v) is 6.29. The number of nitrogens with zero attached hydrogens (tertiary/aromatic N) is 2. The maximum absolute atomic E-state index is 11.1. The highest BCUT2D eigenvalue weighted by Gasteiger charge is 2.20. The number of thioether (sulfide) groups is 1. The van der Waals surface area contributed by atoms with Crippen molar-refractivity contribution in [1.82, 2.24) is 20.1 Å². The SMILES string of the molecule is C=C(CNC1CC1)CSc1n[nH]c(=O)n1C. The minimum Gasteiger partial charge on any atom is -0.310 e. The van der Waals surface area contributed by atoms with Gasteiger partial charge in [-0.15, -0.1) is 5.10 Å². The number of hydrogen-bond acceptors (Lipinski definition) is 4. The Kier molecular flexibility index (Phi) is 3.50. The van der Waals surface area contributed by atoms with Crippen LogP contribution in [0, 0.1) is 0 Å². The number of aromatic amines is 1. The molecule has 1 aliphatic carbocycles. The van der Waals surface area contributed by atoms with Crippen LogP contribution in [0.2, 0.25) is 0 Å². The summed E-state index contributed by atoms with van der Waals surface area (Å²) < 4.78 is 1.51. The van der Waals surface area contributed by atoms with Crippen LogP contribution in [0.5, 0.6) is 0 Å². The smallest absolute Gasteiger partial charge is 0.310 e. The summed E-state index contributed by atoms with van der Waals surface area (Å²) in [7, 11) is 1.71. The summed E-state index contributed by atoms with van der Waals surface area (Å²) in [5.74, 6) is 0.790. The lowest BCUT2D eigenvalue weighted by Crippen LogP contribution is -2.19. The van der Waals surface area contributed by atoms with E-state index < -0.39 is 0 Å². The molecule has 0 aliphatic heterocycles. The van der Waals surface area contributed by atoms with E-state index in [0.717, 1.165) is 17.9 Å². The number of hydrogen-bond donors (Lipinski definition) is 2. The van der Waals surface area contributed by atoms with Gasteiger partial charge in [0.15, 0.2) is 5.16 Å². The summed E-state index contributed by atoms with van der Waals surface area (Å²) >= 11 is 1.53. The minimum atomic E-state index is -0.177. The van der Waals surface area contributed by atoms with Crippen molar-refractivity contribution in [2.45, 2.75) is 24.0 Å². The molecule has 1 aromatic rings. The van der Waals surface area contributed by atoms with Crippen LogP contribution in [-0.2, 0) is 7.05 Å². The van der Waals surface area contributed by atoms with Crippen LogP contribution in [0.4, 0.5) is 0 Å². The Hall–Kier alpha value is -1.01. The Morgan fingerprint density at radius 1 is 1.75 bits per heavy atom. The molecule has 0 aromatic carbocycles. The quantitative estimate of drug-likeness (QED) is 0.562. The molecule has 0 atom stereocenters. The van der Waals surface area contributed by atoms with Crippen molar-refractivity contribution in [3.05, 3.63) is 22.6 Å². The van der Waals surface area contributed by atoms with Gasteiger partial charge in [0.1, 0.15) is 0 Å². The van der Waals surface area contributed by atoms with Gasteiger partial charge >= 0.3 is 5.69 Å². The average molecular weight is 240 g/mol. The molecule has 0 radical (unpaired) electrons. The molecule has 1 saturated carbocycles. The van der Waals surface area contributed by atoms with Gasteiger partial charge in [0.25, 0.3) is 0 Å². The third-order valence-corrected chi connectivity index (χ3v) is 3.64. The molecule has 0 spiro atoms. The van der Waals surface area contributed by atoms with Crippen molar-refractivity contribution >= 4 is 11.8 Å². The maximum atomic E-state index is 11.1. The fourth-order valence-corrected chi connectivity index (χ4v) is 2.08. The Morgan fingerprint density at radius 2 is 2.50 bits per heavy atom. The summed E-state index contributed by atoms with van der Waals surface area (Å²) in [4.78, 5) is 11.1. The van der Waals surface area contributed by atoms with Gasteiger partial charge in [-0.2, -0.15) is 0 Å². The first kappa shape index (κ1) is 11.5. The van der Waals surface area contributed by atoms with Crippen LogP contribution in [0.25, 0.3) is 0 Å². The highest BCUT2D eigenvalue weighted by molar-refractivity contribution is 7.99. The molecule has 88 valence electrons. The average Bonchev–Trinajstić information content (AvgIpc) is 3.04. The summed E-state index contributed by atoms with van der Waals surface area (Å²) in [6, 6.07) is 0.705. The van der Waals surface area contributed by atoms with Gasteiger partial charge in [-0.1, -0.05) is 23.9 Å². The predicted molar refractivity (Wildman–Crippen MR) is 64.7 cm³/mol. The second-order valence-electron chi connectivity index (χ2n) is 4.06. The van der Waals surface area contributed by atoms with Crippen molar-refractivity contribution in [3.63, 3.8) is 0 Å². The Labute approximate surface area is 98.3 Å². The highest BCUT2D eigenvalue weighted by Crippen LogP contribution is 2.19. The lowest BCUT2D eigenvalue weighted by Gasteiger charge is -2.05. The molecule has 1 aliphatic rings. The molecular formula is C10H16N4OS. The third-order valence-electron chi connectivity index (χ3n) is 2.46. The molecular weight excluding hydrogens is 224 g/mol. The van der Waals surface area contributed by atoms with E-state index in [2.05, 4.69) is 22.1 Å². The third kappa shape index (κ3) is 2.99. The van der Waals surface area contributed by atoms with Gasteiger partial charge in [-0.25, -0.2) is 9.89 Å². The van der Waals surface area contributed by atoms with Crippen molar-refractivity contribution in [3.8, 4) is 0 Å². The molecule has 1 fully saturated rings. The molecule has 6 heteroatoms. The van der Waals surface area contributed by atoms with Crippen molar-refractivity contribution in [2.24, 2.45) is 7.05 Å². The van der Waals surface area contributed by atoms with E-state index in [0.29, 0.717) is 11.2 Å². The number of aromatic nitrogens is 3. The van der Waals surface area contributed by atoms with E-state index in [1.165, 1.54) is 29.2 Å². The van der Waals surface area contributed by atoms with Crippen LogP contribution in [-0.4, -0.2) is 33.1 Å². The molecule has 16 heavy (non-hydrogen) atoms. The zero-order valence-electron chi connectivity index (χ0n) is 9.32. The van der Waals surface area contributed by atoms with Crippen LogP contribution >= 0.6 is 11.8 Å². The molecule has 0 saturated heterocycles. The van der Waals surface area contributed by atoms with Gasteiger partial charge < -0.3 is 5.32 Å². The van der Waals surface area contributed by atoms with E-state index in [1.807, 2.05) is 0 Å². The first-order valence-electron chi connectivity index (χ1n) is 5.31. The van der Waals surface area contributed by atoms with E-state index in [1.54, 1.807) is 7.05 Å². The van der Waals surface area contributed by atoms with Crippen molar-refractivity contribution in [1.29, 1.82) is 0 Å². The fourth-order valence-electron chi connectivity index (χ4n) is 1.26. The molecule has 2 rings (SSSR count). The van der Waals surface area contributed by atoms with Crippen molar-refractivity contribution < 1.29 is 0 Å². The fraction of sp³-hybridized carbons (Fsp3) is 0.600. The monoisotopic (exact) mass is 240 g/mol. The molecule has 0 amide bonds. The van der Waals surface area contributed by atoms with Gasteiger partial charge in [0.05, 0.1) is 0 Å². The Morgan fingerprint density at radius 3 is 3.06 bits per heavy atom. The van der Waals surface area contributed by atoms with Crippen LogP contribution in [0.15, 0.2) is 22.1 Å². The molecule has 0 unspecified atom stereocenters. The van der Waals surface area contributed by atoms with Crippen LogP contribution < -0.4 is 11.0 Å². The Balaban J connectivity index is 1.75. The van der Waals surface area contributed by atoms with Crippen molar-refractivity contribution in [2.75, 3.05) is 12.3 Å². The van der Waals surface area contributed by atoms with Gasteiger partial charge in [0, 0.05) is 25.4 Å². The van der Waals surface area contributed by atoms with Gasteiger partial charge in [0.2, 0.25) is 0 Å². The zero-order valence-corrected chi connectivity index (χ0v) is 10.1. The maximum Gasteiger partial charge on any atom is 0.343 e. The molecule has 5 nitrogen and oxygen atoms in total. The largest absolute Gasteiger partial charge is 0.343 e. The summed E-state index contributed by atoms with van der Waals surface area (Å²) in [6.07, 6.45) is 2.57. The van der Waals surface area contributed by atoms with E-state index in [9.17, 15) is 4.79 Å². The number of rotatable bonds is 6. The second-order valence-corrected chi connectivity index (χ2v) is 5.01. The lowest BCUT2D eigenvalue weighted by molar-refractivity contribution is 0.734. The molecule has 1 heterocycles. The van der Waals surface area contributed by atoms with Crippen LogP contribution in [0.1, 0.15) is 12.8 Å². The van der Waals surface area contributed by atoms with Gasteiger partial charge in [-0.3, -0.25) is 4.57 Å². The normalized spacial score (nSPS) is 15.3. The van der Waals surface area contributed by atoms with E-state index >= 15 is 0 Å².